The van der Waals surface area contributed by atoms with Crippen LogP contribution in [0.3, 0.4) is 0 Å². The Kier molecular flexibility index (Phi) is 6.79. The topological polar surface area (TPSA) is 81.5 Å². The number of methoxy groups -OCH3 is 1. The van der Waals surface area contributed by atoms with E-state index in [9.17, 15) is 14.9 Å². The highest BCUT2D eigenvalue weighted by Gasteiger charge is 2.22. The second-order valence-electron chi connectivity index (χ2n) is 4.12. The smallest absolute Gasteiger partial charge is 0.311 e. The molecule has 6 nitrogen and oxygen atoms in total. The molecule has 0 aliphatic heterocycles. The lowest BCUT2D eigenvalue weighted by molar-refractivity contribution is -0.385. The van der Waals surface area contributed by atoms with Crippen molar-refractivity contribution in [3.63, 3.8) is 0 Å². The maximum Gasteiger partial charge on any atom is 0.311 e. The Bertz CT molecular complexity index is 479. The summed E-state index contributed by atoms with van der Waals surface area (Å²) in [5.74, 6) is 0.208. The lowest BCUT2D eigenvalue weighted by Gasteiger charge is -2.09. The maximum atomic E-state index is 12.0. The van der Waals surface area contributed by atoms with Gasteiger partial charge in [0.25, 0.3) is 5.91 Å². The Morgan fingerprint density at radius 3 is 2.75 bits per heavy atom. The first-order valence-electron chi connectivity index (χ1n) is 6.27. The summed E-state index contributed by atoms with van der Waals surface area (Å²) in [5, 5.41) is 13.6. The van der Waals surface area contributed by atoms with Crippen LogP contribution in [0, 0.1) is 10.1 Å². The van der Waals surface area contributed by atoms with Crippen LogP contribution in [0.25, 0.3) is 0 Å². The van der Waals surface area contributed by atoms with Crippen LogP contribution in [-0.2, 0) is 0 Å². The van der Waals surface area contributed by atoms with Crippen molar-refractivity contribution in [2.24, 2.45) is 0 Å². The molecular weight excluding hydrogens is 284 g/mol. The zero-order valence-electron chi connectivity index (χ0n) is 11.2. The number of para-hydroxylation sites is 1. The van der Waals surface area contributed by atoms with Crippen LogP contribution < -0.4 is 10.1 Å². The number of amides is 1. The number of carbonyl (C=O) groups excluding carboxylic acids is 1. The van der Waals surface area contributed by atoms with Crippen molar-refractivity contribution in [2.45, 2.75) is 19.3 Å². The van der Waals surface area contributed by atoms with Crippen LogP contribution in [0.2, 0.25) is 0 Å². The number of nitrogens with one attached hydrogen (secondary N) is 1. The van der Waals surface area contributed by atoms with Crippen molar-refractivity contribution in [1.29, 1.82) is 0 Å². The van der Waals surface area contributed by atoms with Gasteiger partial charge in [0, 0.05) is 18.5 Å². The van der Waals surface area contributed by atoms with Gasteiger partial charge in [-0.05, 0) is 18.9 Å². The van der Waals surface area contributed by atoms with Crippen LogP contribution in [0.15, 0.2) is 18.2 Å². The average molecular weight is 301 g/mol. The number of nitro benzene ring substituents is 1. The summed E-state index contributed by atoms with van der Waals surface area (Å²) in [4.78, 5) is 22.3. The van der Waals surface area contributed by atoms with Gasteiger partial charge in [-0.2, -0.15) is 0 Å². The molecule has 110 valence electrons. The fourth-order valence-corrected chi connectivity index (χ4v) is 1.94. The molecule has 0 spiro atoms. The number of nitro groups is 1. The third-order valence-corrected chi connectivity index (χ3v) is 3.00. The van der Waals surface area contributed by atoms with Gasteiger partial charge < -0.3 is 10.1 Å². The molecule has 0 atom stereocenters. The zero-order valence-corrected chi connectivity index (χ0v) is 12.0. The average Bonchev–Trinajstić information content (AvgIpc) is 2.45. The number of ether oxygens (including phenoxy) is 1. The monoisotopic (exact) mass is 300 g/mol. The molecule has 0 aliphatic rings. The van der Waals surface area contributed by atoms with Crippen LogP contribution in [-0.4, -0.2) is 30.4 Å². The second-order valence-corrected chi connectivity index (χ2v) is 4.50. The SMILES string of the molecule is COc1c(C(=O)NCCCCCCl)cccc1[N+](=O)[O-]. The summed E-state index contributed by atoms with van der Waals surface area (Å²) in [7, 11) is 1.31. The first-order valence-corrected chi connectivity index (χ1v) is 6.80. The first kappa shape index (κ1) is 16.2. The van der Waals surface area contributed by atoms with Gasteiger partial charge in [0.1, 0.15) is 0 Å². The molecule has 1 amide bonds. The molecule has 20 heavy (non-hydrogen) atoms. The van der Waals surface area contributed by atoms with Crippen molar-refractivity contribution in [1.82, 2.24) is 5.32 Å². The molecule has 0 heterocycles. The van der Waals surface area contributed by atoms with Crippen LogP contribution >= 0.6 is 11.6 Å². The summed E-state index contributed by atoms with van der Waals surface area (Å²) >= 11 is 5.56. The number of alkyl halides is 1. The number of benzene rings is 1. The molecule has 1 N–H and O–H groups in total. The van der Waals surface area contributed by atoms with Gasteiger partial charge in [-0.15, -0.1) is 11.6 Å². The predicted molar refractivity (Wildman–Crippen MR) is 76.6 cm³/mol. The van der Waals surface area contributed by atoms with Gasteiger partial charge >= 0.3 is 5.69 Å². The third-order valence-electron chi connectivity index (χ3n) is 2.74. The summed E-state index contributed by atoms with van der Waals surface area (Å²) in [6.07, 6.45) is 2.64. The van der Waals surface area contributed by atoms with Crippen LogP contribution in [0.5, 0.6) is 5.75 Å². The highest BCUT2D eigenvalue weighted by atomic mass is 35.5. The summed E-state index contributed by atoms with van der Waals surface area (Å²) < 4.78 is 4.98. The van der Waals surface area contributed by atoms with Crippen molar-refractivity contribution in [3.05, 3.63) is 33.9 Å². The van der Waals surface area contributed by atoms with Gasteiger partial charge in [-0.25, -0.2) is 0 Å². The van der Waals surface area contributed by atoms with E-state index in [0.29, 0.717) is 12.4 Å². The minimum absolute atomic E-state index is 0.0178. The number of hydrogen-bond donors (Lipinski definition) is 1. The standard InChI is InChI=1S/C13H17ClN2O4/c1-20-12-10(6-5-7-11(12)16(18)19)13(17)15-9-4-2-3-8-14/h5-7H,2-4,8-9H2,1H3,(H,15,17). The Hall–Kier alpha value is -1.82. The number of rotatable bonds is 8. The Balaban J connectivity index is 2.72. The van der Waals surface area contributed by atoms with Gasteiger partial charge in [-0.1, -0.05) is 12.5 Å². The van der Waals surface area contributed by atoms with Gasteiger partial charge in [-0.3, -0.25) is 14.9 Å². The Labute approximate surface area is 122 Å². The quantitative estimate of drug-likeness (QED) is 0.346. The minimum Gasteiger partial charge on any atom is -0.490 e. The molecule has 0 radical (unpaired) electrons. The minimum atomic E-state index is -0.573. The number of halogens is 1. The van der Waals surface area contributed by atoms with Gasteiger partial charge in [0.05, 0.1) is 17.6 Å². The van der Waals surface area contributed by atoms with Gasteiger partial charge in [0.2, 0.25) is 5.75 Å². The molecule has 1 aromatic carbocycles. The molecule has 0 saturated heterocycles. The Morgan fingerprint density at radius 2 is 2.15 bits per heavy atom. The van der Waals surface area contributed by atoms with Crippen molar-refractivity contribution in [2.75, 3.05) is 19.5 Å². The van der Waals surface area contributed by atoms with E-state index in [4.69, 9.17) is 16.3 Å². The lowest BCUT2D eigenvalue weighted by Crippen LogP contribution is -2.25. The van der Waals surface area contributed by atoms with Crippen molar-refractivity contribution in [3.8, 4) is 5.75 Å². The highest BCUT2D eigenvalue weighted by molar-refractivity contribution is 6.17. The summed E-state index contributed by atoms with van der Waals surface area (Å²) in [5.41, 5.74) is -0.0543. The fourth-order valence-electron chi connectivity index (χ4n) is 1.76. The van der Waals surface area contributed by atoms with E-state index >= 15 is 0 Å². The van der Waals surface area contributed by atoms with E-state index in [-0.39, 0.29) is 22.9 Å². The van der Waals surface area contributed by atoms with Crippen molar-refractivity contribution < 1.29 is 14.5 Å². The molecule has 1 aromatic rings. The number of carbonyl (C=O) groups is 1. The second kappa shape index (κ2) is 8.37. The van der Waals surface area contributed by atoms with E-state index in [2.05, 4.69) is 5.32 Å². The van der Waals surface area contributed by atoms with E-state index in [0.717, 1.165) is 19.3 Å². The number of hydrogen-bond acceptors (Lipinski definition) is 4. The van der Waals surface area contributed by atoms with E-state index < -0.39 is 4.92 Å². The highest BCUT2D eigenvalue weighted by Crippen LogP contribution is 2.30. The molecule has 0 unspecified atom stereocenters. The normalized spacial score (nSPS) is 10.1. The predicted octanol–water partition coefficient (Wildman–Crippen LogP) is 2.74. The molecule has 0 saturated carbocycles. The van der Waals surface area contributed by atoms with Gasteiger partial charge in [0.15, 0.2) is 0 Å². The number of nitrogens with zero attached hydrogens (tertiary/aromatic N) is 1. The third kappa shape index (κ3) is 4.38. The van der Waals surface area contributed by atoms with Crippen LogP contribution in [0.1, 0.15) is 29.6 Å². The van der Waals surface area contributed by atoms with Crippen LogP contribution in [0.4, 0.5) is 5.69 Å². The summed E-state index contributed by atoms with van der Waals surface area (Å²) in [6, 6.07) is 4.26. The first-order chi connectivity index (χ1) is 9.61. The van der Waals surface area contributed by atoms with E-state index in [1.54, 1.807) is 0 Å². The summed E-state index contributed by atoms with van der Waals surface area (Å²) in [6.45, 7) is 0.502. The molecule has 0 aromatic heterocycles. The van der Waals surface area contributed by atoms with E-state index in [1.807, 2.05) is 0 Å². The zero-order chi connectivity index (χ0) is 15.0. The van der Waals surface area contributed by atoms with Crippen molar-refractivity contribution >= 4 is 23.2 Å². The molecule has 0 aliphatic carbocycles. The maximum absolute atomic E-state index is 12.0. The molecule has 7 heteroatoms. The molecule has 0 bridgehead atoms. The lowest BCUT2D eigenvalue weighted by atomic mass is 10.1. The largest absolute Gasteiger partial charge is 0.490 e. The Morgan fingerprint density at radius 1 is 1.40 bits per heavy atom. The molecule has 0 fully saturated rings. The number of unbranched alkanes of at least 4 members (excludes halogenated alkanes) is 2. The van der Waals surface area contributed by atoms with E-state index in [1.165, 1.54) is 25.3 Å². The molecule has 1 rings (SSSR count). The molecular formula is C13H17ClN2O4. The fraction of sp³-hybridized carbons (Fsp3) is 0.462.